The number of benzene rings is 1. The zero-order valence-electron chi connectivity index (χ0n) is 13.8. The number of hydrogen-bond acceptors (Lipinski definition) is 6. The van der Waals surface area contributed by atoms with E-state index in [4.69, 9.17) is 14.2 Å². The maximum absolute atomic E-state index is 11.5. The quantitative estimate of drug-likeness (QED) is 0.227. The molecular weight excluding hydrogens is 312 g/mol. The highest BCUT2D eigenvalue weighted by Crippen LogP contribution is 2.24. The lowest BCUT2D eigenvalue weighted by atomic mass is 10.2. The number of carbonyl (C=O) groups is 3. The Labute approximate surface area is 140 Å². The van der Waals surface area contributed by atoms with Gasteiger partial charge in [0.05, 0.1) is 18.8 Å². The van der Waals surface area contributed by atoms with Crippen LogP contribution in [-0.2, 0) is 14.3 Å². The number of hydrogen-bond donors (Lipinski definition) is 0. The average molecular weight is 332 g/mol. The van der Waals surface area contributed by atoms with Gasteiger partial charge in [-0.3, -0.25) is 4.79 Å². The highest BCUT2D eigenvalue weighted by molar-refractivity contribution is 5.89. The van der Waals surface area contributed by atoms with Crippen molar-refractivity contribution < 1.29 is 28.6 Å². The molecule has 0 bridgehead atoms. The molecule has 24 heavy (non-hydrogen) atoms. The molecule has 0 radical (unpaired) electrons. The van der Waals surface area contributed by atoms with Gasteiger partial charge in [0.25, 0.3) is 0 Å². The summed E-state index contributed by atoms with van der Waals surface area (Å²) in [5.74, 6) is -0.496. The van der Waals surface area contributed by atoms with Crippen molar-refractivity contribution in [2.75, 3.05) is 13.2 Å². The van der Waals surface area contributed by atoms with Crippen LogP contribution < -0.4 is 9.47 Å². The Kier molecular flexibility index (Phi) is 7.42. The molecule has 0 heterocycles. The Bertz CT molecular complexity index is 659. The molecule has 0 saturated carbocycles. The third kappa shape index (κ3) is 6.08. The lowest BCUT2D eigenvalue weighted by Crippen LogP contribution is -2.10. The summed E-state index contributed by atoms with van der Waals surface area (Å²) in [6.45, 7) is 10.5. The van der Waals surface area contributed by atoms with E-state index in [0.29, 0.717) is 23.8 Å². The van der Waals surface area contributed by atoms with Crippen molar-refractivity contribution in [2.45, 2.75) is 20.3 Å². The van der Waals surface area contributed by atoms with E-state index in [1.54, 1.807) is 6.92 Å². The van der Waals surface area contributed by atoms with Gasteiger partial charge in [0, 0.05) is 23.6 Å². The zero-order chi connectivity index (χ0) is 18.1. The predicted molar refractivity (Wildman–Crippen MR) is 88.2 cm³/mol. The SMILES string of the molecule is C=C(C)C(=O)OCCCOc1cc(OC(=O)C(=C)C)ccc1C=O. The van der Waals surface area contributed by atoms with E-state index in [2.05, 4.69) is 13.2 Å². The molecule has 6 heteroatoms. The number of ether oxygens (including phenoxy) is 3. The lowest BCUT2D eigenvalue weighted by molar-refractivity contribution is -0.139. The number of rotatable bonds is 9. The van der Waals surface area contributed by atoms with Crippen LogP contribution in [0, 0.1) is 0 Å². The van der Waals surface area contributed by atoms with Gasteiger partial charge in [-0.25, -0.2) is 9.59 Å². The van der Waals surface area contributed by atoms with Crippen molar-refractivity contribution in [3.8, 4) is 11.5 Å². The van der Waals surface area contributed by atoms with Crippen molar-refractivity contribution in [2.24, 2.45) is 0 Å². The predicted octanol–water partition coefficient (Wildman–Crippen LogP) is 2.87. The molecule has 128 valence electrons. The van der Waals surface area contributed by atoms with Gasteiger partial charge >= 0.3 is 11.9 Å². The first-order chi connectivity index (χ1) is 11.3. The molecule has 0 unspecified atom stereocenters. The van der Waals surface area contributed by atoms with Crippen LogP contribution in [-0.4, -0.2) is 31.4 Å². The van der Waals surface area contributed by atoms with E-state index < -0.39 is 11.9 Å². The molecular formula is C18H20O6. The van der Waals surface area contributed by atoms with E-state index >= 15 is 0 Å². The largest absolute Gasteiger partial charge is 0.493 e. The zero-order valence-corrected chi connectivity index (χ0v) is 13.8. The molecule has 0 aliphatic carbocycles. The highest BCUT2D eigenvalue weighted by Gasteiger charge is 2.10. The molecule has 1 aromatic rings. The first-order valence-corrected chi connectivity index (χ1v) is 7.27. The average Bonchev–Trinajstić information content (AvgIpc) is 2.54. The molecule has 1 aromatic carbocycles. The van der Waals surface area contributed by atoms with E-state index in [0.717, 1.165) is 0 Å². The monoisotopic (exact) mass is 332 g/mol. The summed E-state index contributed by atoms with van der Waals surface area (Å²) >= 11 is 0. The van der Waals surface area contributed by atoms with Crippen molar-refractivity contribution in [1.29, 1.82) is 0 Å². The summed E-state index contributed by atoms with van der Waals surface area (Å²) in [6.07, 6.45) is 1.08. The first-order valence-electron chi connectivity index (χ1n) is 7.27. The molecule has 0 aliphatic heterocycles. The van der Waals surface area contributed by atoms with Crippen LogP contribution in [0.2, 0.25) is 0 Å². The van der Waals surface area contributed by atoms with Crippen molar-refractivity contribution in [1.82, 2.24) is 0 Å². The summed E-state index contributed by atoms with van der Waals surface area (Å²) in [6, 6.07) is 4.43. The summed E-state index contributed by atoms with van der Waals surface area (Å²) < 4.78 is 15.5. The Morgan fingerprint density at radius 1 is 1.08 bits per heavy atom. The minimum atomic E-state index is -0.563. The van der Waals surface area contributed by atoms with E-state index in [-0.39, 0.29) is 30.3 Å². The Morgan fingerprint density at radius 3 is 2.33 bits per heavy atom. The number of carbonyl (C=O) groups excluding carboxylic acids is 3. The molecule has 0 N–H and O–H groups in total. The van der Waals surface area contributed by atoms with Crippen molar-refractivity contribution >= 4 is 18.2 Å². The fourth-order valence-corrected chi connectivity index (χ4v) is 1.52. The minimum Gasteiger partial charge on any atom is -0.493 e. The third-order valence-corrected chi connectivity index (χ3v) is 2.80. The van der Waals surface area contributed by atoms with Gasteiger partial charge < -0.3 is 14.2 Å². The fourth-order valence-electron chi connectivity index (χ4n) is 1.52. The molecule has 0 aliphatic rings. The fraction of sp³-hybridized carbons (Fsp3) is 0.278. The van der Waals surface area contributed by atoms with Crippen LogP contribution in [0.5, 0.6) is 11.5 Å². The normalized spacial score (nSPS) is 9.75. The number of esters is 2. The van der Waals surface area contributed by atoms with Crippen LogP contribution in [0.15, 0.2) is 42.5 Å². The molecule has 6 nitrogen and oxygen atoms in total. The van der Waals surface area contributed by atoms with Crippen LogP contribution in [0.25, 0.3) is 0 Å². The summed E-state index contributed by atoms with van der Waals surface area (Å²) in [5, 5.41) is 0. The van der Waals surface area contributed by atoms with E-state index in [9.17, 15) is 14.4 Å². The van der Waals surface area contributed by atoms with E-state index in [1.165, 1.54) is 25.1 Å². The Balaban J connectivity index is 2.60. The standard InChI is InChI=1S/C18H20O6/c1-12(2)17(20)23-9-5-8-22-16-10-15(7-6-14(16)11-19)24-18(21)13(3)4/h6-7,10-11H,1,3,5,8-9H2,2,4H3. The van der Waals surface area contributed by atoms with Crippen LogP contribution in [0.3, 0.4) is 0 Å². The summed E-state index contributed by atoms with van der Waals surface area (Å²) in [4.78, 5) is 33.8. The van der Waals surface area contributed by atoms with Gasteiger partial charge in [0.15, 0.2) is 6.29 Å². The second-order valence-electron chi connectivity index (χ2n) is 5.11. The number of aldehydes is 1. The smallest absolute Gasteiger partial charge is 0.338 e. The van der Waals surface area contributed by atoms with Gasteiger partial charge in [-0.2, -0.15) is 0 Å². The molecule has 0 atom stereocenters. The van der Waals surface area contributed by atoms with Gasteiger partial charge in [-0.15, -0.1) is 0 Å². The van der Waals surface area contributed by atoms with Gasteiger partial charge in [0.1, 0.15) is 11.5 Å². The van der Waals surface area contributed by atoms with Gasteiger partial charge in [-0.1, -0.05) is 13.2 Å². The third-order valence-electron chi connectivity index (χ3n) is 2.80. The molecule has 0 fully saturated rings. The van der Waals surface area contributed by atoms with Crippen LogP contribution >= 0.6 is 0 Å². The molecule has 1 rings (SSSR count). The van der Waals surface area contributed by atoms with Crippen LogP contribution in [0.1, 0.15) is 30.6 Å². The first kappa shape index (κ1) is 19.2. The summed E-state index contributed by atoms with van der Waals surface area (Å²) in [5.41, 5.74) is 0.909. The highest BCUT2D eigenvalue weighted by atomic mass is 16.5. The summed E-state index contributed by atoms with van der Waals surface area (Å²) in [7, 11) is 0. The maximum Gasteiger partial charge on any atom is 0.338 e. The molecule has 0 saturated heterocycles. The maximum atomic E-state index is 11.5. The molecule has 0 aromatic heterocycles. The lowest BCUT2D eigenvalue weighted by Gasteiger charge is -2.11. The van der Waals surface area contributed by atoms with Gasteiger partial charge in [-0.05, 0) is 26.0 Å². The minimum absolute atomic E-state index is 0.173. The second kappa shape index (κ2) is 9.29. The molecule has 0 amide bonds. The topological polar surface area (TPSA) is 78.9 Å². The van der Waals surface area contributed by atoms with Crippen LogP contribution in [0.4, 0.5) is 0 Å². The van der Waals surface area contributed by atoms with E-state index in [1.807, 2.05) is 0 Å². The van der Waals surface area contributed by atoms with Gasteiger partial charge in [0.2, 0.25) is 0 Å². The van der Waals surface area contributed by atoms with Crippen molar-refractivity contribution in [3.05, 3.63) is 48.1 Å². The Morgan fingerprint density at radius 2 is 1.75 bits per heavy atom. The van der Waals surface area contributed by atoms with Crippen molar-refractivity contribution in [3.63, 3.8) is 0 Å². The Hall–Kier alpha value is -2.89. The second-order valence-corrected chi connectivity index (χ2v) is 5.11. The molecule has 0 spiro atoms.